The van der Waals surface area contributed by atoms with Gasteiger partial charge in [0.05, 0.1) is 11.5 Å². The molecule has 0 saturated heterocycles. The molecular formula is C25H23ClN4OS2. The number of para-hydroxylation sites is 1. The van der Waals surface area contributed by atoms with Crippen LogP contribution in [0, 0.1) is 13.8 Å². The second-order valence-corrected chi connectivity index (χ2v) is 9.87. The summed E-state index contributed by atoms with van der Waals surface area (Å²) in [4.78, 5) is 13.7. The highest BCUT2D eigenvalue weighted by Crippen LogP contribution is 2.28. The maximum absolute atomic E-state index is 12.5. The first kappa shape index (κ1) is 23.4. The molecule has 0 fully saturated rings. The molecule has 1 N–H and O–H groups in total. The maximum atomic E-state index is 12.5. The molecule has 8 heteroatoms. The van der Waals surface area contributed by atoms with Crippen LogP contribution in [0.2, 0.25) is 5.02 Å². The Morgan fingerprint density at radius 2 is 1.73 bits per heavy atom. The minimum absolute atomic E-state index is 0.127. The Morgan fingerprint density at radius 1 is 0.970 bits per heavy atom. The molecule has 4 aromatic rings. The van der Waals surface area contributed by atoms with Crippen molar-refractivity contribution >= 4 is 46.7 Å². The Morgan fingerprint density at radius 3 is 2.45 bits per heavy atom. The lowest BCUT2D eigenvalue weighted by atomic mass is 10.2. The van der Waals surface area contributed by atoms with E-state index >= 15 is 0 Å². The summed E-state index contributed by atoms with van der Waals surface area (Å²) in [6.07, 6.45) is 0. The van der Waals surface area contributed by atoms with Crippen LogP contribution >= 0.6 is 35.1 Å². The highest BCUT2D eigenvalue weighted by Gasteiger charge is 2.16. The first-order valence-corrected chi connectivity index (χ1v) is 12.7. The molecule has 0 radical (unpaired) electrons. The quantitative estimate of drug-likeness (QED) is 0.281. The van der Waals surface area contributed by atoms with Crippen LogP contribution in [0.5, 0.6) is 0 Å². The van der Waals surface area contributed by atoms with Gasteiger partial charge in [-0.3, -0.25) is 9.36 Å². The van der Waals surface area contributed by atoms with Crippen LogP contribution in [0.25, 0.3) is 5.69 Å². The number of halogens is 1. The Hall–Kier alpha value is -2.74. The van der Waals surface area contributed by atoms with Crippen LogP contribution in [-0.4, -0.2) is 26.4 Å². The van der Waals surface area contributed by atoms with E-state index in [4.69, 9.17) is 11.6 Å². The lowest BCUT2D eigenvalue weighted by Crippen LogP contribution is -2.14. The van der Waals surface area contributed by atoms with E-state index in [-0.39, 0.29) is 11.7 Å². The van der Waals surface area contributed by atoms with Crippen molar-refractivity contribution in [1.82, 2.24) is 14.8 Å². The number of thioether (sulfide) groups is 2. The van der Waals surface area contributed by atoms with Crippen molar-refractivity contribution in [1.29, 1.82) is 0 Å². The topological polar surface area (TPSA) is 59.8 Å². The first-order valence-electron chi connectivity index (χ1n) is 10.4. The summed E-state index contributed by atoms with van der Waals surface area (Å²) in [5, 5.41) is 13.0. The number of rotatable bonds is 8. The molecule has 0 spiro atoms. The standard InChI is InChI=1S/C25H23ClN4OS2/c1-17-8-12-21(13-9-17)32-15-23-28-29-25(30(23)20-6-4-3-5-7-20)33-16-24(31)27-19-11-10-18(2)22(26)14-19/h3-14H,15-16H2,1-2H3,(H,27,31). The van der Waals surface area contributed by atoms with Crippen LogP contribution in [0.4, 0.5) is 5.69 Å². The number of carbonyl (C=O) groups excluding carboxylic acids is 1. The molecule has 1 amide bonds. The number of nitrogens with zero attached hydrogens (tertiary/aromatic N) is 3. The number of hydrogen-bond donors (Lipinski definition) is 1. The number of hydrogen-bond acceptors (Lipinski definition) is 5. The summed E-state index contributed by atoms with van der Waals surface area (Å²) < 4.78 is 2.02. The number of nitrogens with one attached hydrogen (secondary N) is 1. The fourth-order valence-corrected chi connectivity index (χ4v) is 4.87. The number of aryl methyl sites for hydroxylation is 2. The Bertz CT molecular complexity index is 1240. The van der Waals surface area contributed by atoms with E-state index in [2.05, 4.69) is 46.7 Å². The summed E-state index contributed by atoms with van der Waals surface area (Å²) in [6, 6.07) is 23.9. The van der Waals surface area contributed by atoms with Gasteiger partial charge in [-0.15, -0.1) is 22.0 Å². The van der Waals surface area contributed by atoms with Crippen LogP contribution in [0.15, 0.2) is 82.8 Å². The fourth-order valence-electron chi connectivity index (χ4n) is 3.10. The van der Waals surface area contributed by atoms with E-state index in [9.17, 15) is 4.79 Å². The minimum atomic E-state index is -0.127. The molecule has 1 aromatic heterocycles. The van der Waals surface area contributed by atoms with Gasteiger partial charge in [0.2, 0.25) is 5.91 Å². The summed E-state index contributed by atoms with van der Waals surface area (Å²) in [6.45, 7) is 4.00. The third-order valence-corrected chi connectivity index (χ3v) is 7.24. The second-order valence-electron chi connectivity index (χ2n) is 7.47. The molecule has 0 bridgehead atoms. The van der Waals surface area contributed by atoms with Crippen molar-refractivity contribution in [2.24, 2.45) is 0 Å². The summed E-state index contributed by atoms with van der Waals surface area (Å²) in [5.74, 6) is 1.58. The van der Waals surface area contributed by atoms with Gasteiger partial charge in [-0.1, -0.05) is 65.3 Å². The van der Waals surface area contributed by atoms with Gasteiger partial charge in [0, 0.05) is 21.3 Å². The zero-order chi connectivity index (χ0) is 23.2. The SMILES string of the molecule is Cc1ccc(SCc2nnc(SCC(=O)Nc3ccc(C)c(Cl)c3)n2-c2ccccc2)cc1. The zero-order valence-electron chi connectivity index (χ0n) is 18.3. The van der Waals surface area contributed by atoms with Crippen LogP contribution in [-0.2, 0) is 10.5 Å². The third-order valence-electron chi connectivity index (χ3n) is 4.89. The van der Waals surface area contributed by atoms with Crippen molar-refractivity contribution in [2.75, 3.05) is 11.1 Å². The normalized spacial score (nSPS) is 10.9. The minimum Gasteiger partial charge on any atom is -0.325 e. The molecule has 0 aliphatic heterocycles. The van der Waals surface area contributed by atoms with E-state index in [0.717, 1.165) is 17.1 Å². The molecule has 0 atom stereocenters. The Kier molecular flexibility index (Phi) is 7.75. The number of anilines is 1. The largest absolute Gasteiger partial charge is 0.325 e. The average Bonchev–Trinajstić information content (AvgIpc) is 3.23. The van der Waals surface area contributed by atoms with Crippen LogP contribution in [0.1, 0.15) is 17.0 Å². The van der Waals surface area contributed by atoms with Gasteiger partial charge in [-0.05, 0) is 55.8 Å². The van der Waals surface area contributed by atoms with Gasteiger partial charge in [-0.25, -0.2) is 0 Å². The van der Waals surface area contributed by atoms with Gasteiger partial charge in [0.25, 0.3) is 0 Å². The van der Waals surface area contributed by atoms with Crippen molar-refractivity contribution in [3.8, 4) is 5.69 Å². The van der Waals surface area contributed by atoms with E-state index in [1.165, 1.54) is 22.2 Å². The number of amides is 1. The molecule has 168 valence electrons. The monoisotopic (exact) mass is 494 g/mol. The Labute approximate surface area is 207 Å². The summed E-state index contributed by atoms with van der Waals surface area (Å²) in [5.41, 5.74) is 3.85. The molecule has 0 unspecified atom stereocenters. The van der Waals surface area contributed by atoms with Crippen molar-refractivity contribution < 1.29 is 4.79 Å². The van der Waals surface area contributed by atoms with Crippen molar-refractivity contribution in [3.05, 3.63) is 94.8 Å². The number of carbonyl (C=O) groups is 1. The van der Waals surface area contributed by atoms with Gasteiger partial charge in [0.15, 0.2) is 5.16 Å². The fraction of sp³-hybridized carbons (Fsp3) is 0.160. The summed E-state index contributed by atoms with van der Waals surface area (Å²) in [7, 11) is 0. The van der Waals surface area contributed by atoms with Gasteiger partial charge in [0.1, 0.15) is 5.82 Å². The number of benzene rings is 3. The predicted molar refractivity (Wildman–Crippen MR) is 138 cm³/mol. The van der Waals surface area contributed by atoms with Crippen LogP contribution in [0.3, 0.4) is 0 Å². The smallest absolute Gasteiger partial charge is 0.234 e. The molecule has 0 aliphatic carbocycles. The predicted octanol–water partition coefficient (Wildman–Crippen LogP) is 6.56. The lowest BCUT2D eigenvalue weighted by molar-refractivity contribution is -0.113. The molecule has 3 aromatic carbocycles. The molecule has 0 aliphatic rings. The second kappa shape index (κ2) is 10.9. The van der Waals surface area contributed by atoms with Crippen molar-refractivity contribution in [2.45, 2.75) is 29.7 Å². The van der Waals surface area contributed by atoms with E-state index in [1.54, 1.807) is 17.8 Å². The molecule has 1 heterocycles. The Balaban J connectivity index is 1.48. The lowest BCUT2D eigenvalue weighted by Gasteiger charge is -2.11. The molecular weight excluding hydrogens is 472 g/mol. The molecule has 5 nitrogen and oxygen atoms in total. The van der Waals surface area contributed by atoms with Gasteiger partial charge < -0.3 is 5.32 Å². The molecule has 33 heavy (non-hydrogen) atoms. The van der Waals surface area contributed by atoms with E-state index in [0.29, 0.717) is 21.6 Å². The van der Waals surface area contributed by atoms with E-state index < -0.39 is 0 Å². The average molecular weight is 495 g/mol. The maximum Gasteiger partial charge on any atom is 0.234 e. The third kappa shape index (κ3) is 6.19. The highest BCUT2D eigenvalue weighted by atomic mass is 35.5. The zero-order valence-corrected chi connectivity index (χ0v) is 20.7. The molecule has 4 rings (SSSR count). The number of aromatic nitrogens is 3. The molecule has 0 saturated carbocycles. The van der Waals surface area contributed by atoms with Gasteiger partial charge in [-0.2, -0.15) is 0 Å². The van der Waals surface area contributed by atoms with Crippen LogP contribution < -0.4 is 5.32 Å². The summed E-state index contributed by atoms with van der Waals surface area (Å²) >= 11 is 9.23. The highest BCUT2D eigenvalue weighted by molar-refractivity contribution is 7.99. The van der Waals surface area contributed by atoms with E-state index in [1.807, 2.05) is 54.0 Å². The van der Waals surface area contributed by atoms with Gasteiger partial charge >= 0.3 is 0 Å². The van der Waals surface area contributed by atoms with Crippen molar-refractivity contribution in [3.63, 3.8) is 0 Å². The first-order chi connectivity index (χ1) is 16.0.